The lowest BCUT2D eigenvalue weighted by atomic mass is 10.1. The van der Waals surface area contributed by atoms with Gasteiger partial charge < -0.3 is 10.7 Å². The first-order valence-corrected chi connectivity index (χ1v) is 4.27. The Labute approximate surface area is 75.3 Å². The minimum Gasteiger partial charge on any atom is -0.369 e. The van der Waals surface area contributed by atoms with E-state index in [1.807, 2.05) is 0 Å². The lowest BCUT2D eigenvalue weighted by Gasteiger charge is -1.96. The third-order valence-corrected chi connectivity index (χ3v) is 2.40. The second-order valence-electron chi connectivity index (χ2n) is 3.30. The number of nitrogens with two attached hydrogens (primary N) is 1. The maximum Gasteiger partial charge on any atom is 0.198 e. The molecule has 1 aliphatic carbocycles. The van der Waals surface area contributed by atoms with Crippen molar-refractivity contribution < 1.29 is 0 Å². The Morgan fingerprint density at radius 2 is 2.31 bits per heavy atom. The van der Waals surface area contributed by atoms with E-state index in [1.165, 1.54) is 11.1 Å². The van der Waals surface area contributed by atoms with Crippen molar-refractivity contribution in [1.82, 2.24) is 9.97 Å². The Balaban J connectivity index is 2.39. The molecule has 0 atom stereocenters. The second-order valence-corrected chi connectivity index (χ2v) is 3.30. The average Bonchev–Trinajstić information content (AvgIpc) is 2.63. The molecule has 3 rings (SSSR count). The Bertz CT molecular complexity index is 508. The van der Waals surface area contributed by atoms with E-state index in [0.717, 1.165) is 17.5 Å². The van der Waals surface area contributed by atoms with Crippen molar-refractivity contribution in [1.29, 1.82) is 0 Å². The number of allylic oxidation sites excluding steroid dienone is 1. The van der Waals surface area contributed by atoms with Crippen LogP contribution in [-0.2, 0) is 6.42 Å². The van der Waals surface area contributed by atoms with Gasteiger partial charge in [-0.3, -0.25) is 0 Å². The topological polar surface area (TPSA) is 54.7 Å². The number of benzene rings is 1. The highest BCUT2D eigenvalue weighted by atomic mass is 15.0. The predicted molar refractivity (Wildman–Crippen MR) is 53.2 cm³/mol. The van der Waals surface area contributed by atoms with E-state index in [2.05, 4.69) is 34.3 Å². The number of imidazole rings is 1. The summed E-state index contributed by atoms with van der Waals surface area (Å²) in [6.45, 7) is 0. The molecule has 13 heavy (non-hydrogen) atoms. The van der Waals surface area contributed by atoms with Gasteiger partial charge in [-0.15, -0.1) is 0 Å². The van der Waals surface area contributed by atoms with Crippen molar-refractivity contribution in [2.75, 3.05) is 5.73 Å². The fourth-order valence-electron chi connectivity index (χ4n) is 1.78. The molecule has 0 amide bonds. The van der Waals surface area contributed by atoms with Gasteiger partial charge in [0.2, 0.25) is 0 Å². The van der Waals surface area contributed by atoms with Gasteiger partial charge in [0, 0.05) is 0 Å². The smallest absolute Gasteiger partial charge is 0.198 e. The Morgan fingerprint density at radius 3 is 3.23 bits per heavy atom. The molecule has 1 aromatic carbocycles. The number of anilines is 1. The fraction of sp³-hybridized carbons (Fsp3) is 0.100. The van der Waals surface area contributed by atoms with E-state index in [4.69, 9.17) is 5.73 Å². The summed E-state index contributed by atoms with van der Waals surface area (Å²) in [7, 11) is 0. The third-order valence-electron chi connectivity index (χ3n) is 2.40. The zero-order valence-corrected chi connectivity index (χ0v) is 7.04. The standard InChI is InChI=1S/C10H9N3/c11-10-12-8-4-6-2-1-3-7(6)5-9(8)13-10/h1-2,4-5H,3H2,(H3,11,12,13). The quantitative estimate of drug-likeness (QED) is 0.634. The molecule has 3 heteroatoms. The van der Waals surface area contributed by atoms with Crippen LogP contribution in [0.15, 0.2) is 18.2 Å². The van der Waals surface area contributed by atoms with E-state index < -0.39 is 0 Å². The second kappa shape index (κ2) is 2.13. The van der Waals surface area contributed by atoms with E-state index in [1.54, 1.807) is 0 Å². The Morgan fingerprint density at radius 1 is 1.38 bits per heavy atom. The summed E-state index contributed by atoms with van der Waals surface area (Å²) in [5, 5.41) is 0. The van der Waals surface area contributed by atoms with Crippen LogP contribution in [0.5, 0.6) is 0 Å². The number of nitrogens with zero attached hydrogens (tertiary/aromatic N) is 1. The predicted octanol–water partition coefficient (Wildman–Crippen LogP) is 1.71. The largest absolute Gasteiger partial charge is 0.369 e. The number of fused-ring (bicyclic) bond motifs is 2. The lowest BCUT2D eigenvalue weighted by Crippen LogP contribution is -1.84. The molecular weight excluding hydrogens is 162 g/mol. The number of aromatic nitrogens is 2. The summed E-state index contributed by atoms with van der Waals surface area (Å²) in [4.78, 5) is 7.21. The molecule has 0 aliphatic heterocycles. The molecule has 3 N–H and O–H groups in total. The molecule has 64 valence electrons. The molecule has 0 fully saturated rings. The highest BCUT2D eigenvalue weighted by Crippen LogP contribution is 2.24. The zero-order chi connectivity index (χ0) is 8.84. The fourth-order valence-corrected chi connectivity index (χ4v) is 1.78. The molecule has 0 radical (unpaired) electrons. The average molecular weight is 171 g/mol. The number of H-pyrrole nitrogens is 1. The van der Waals surface area contributed by atoms with Gasteiger partial charge in [0.25, 0.3) is 0 Å². The van der Waals surface area contributed by atoms with Crippen LogP contribution >= 0.6 is 0 Å². The molecule has 0 unspecified atom stereocenters. The first-order valence-electron chi connectivity index (χ1n) is 4.27. The van der Waals surface area contributed by atoms with Crippen molar-refractivity contribution in [2.45, 2.75) is 6.42 Å². The maximum atomic E-state index is 5.57. The van der Waals surface area contributed by atoms with Crippen molar-refractivity contribution in [3.8, 4) is 0 Å². The minimum absolute atomic E-state index is 0.489. The van der Waals surface area contributed by atoms with Crippen LogP contribution in [0.4, 0.5) is 5.95 Å². The van der Waals surface area contributed by atoms with Gasteiger partial charge in [-0.25, -0.2) is 4.98 Å². The molecule has 0 saturated carbocycles. The maximum absolute atomic E-state index is 5.57. The van der Waals surface area contributed by atoms with Gasteiger partial charge >= 0.3 is 0 Å². The van der Waals surface area contributed by atoms with Gasteiger partial charge in [0.1, 0.15) is 0 Å². The Kier molecular flexibility index (Phi) is 1.10. The molecule has 3 nitrogen and oxygen atoms in total. The Hall–Kier alpha value is -1.77. The summed E-state index contributed by atoms with van der Waals surface area (Å²) in [6.07, 6.45) is 5.30. The molecular formula is C10H9N3. The van der Waals surface area contributed by atoms with Crippen LogP contribution < -0.4 is 5.73 Å². The number of nitrogens with one attached hydrogen (secondary N) is 1. The molecule has 1 aromatic heterocycles. The van der Waals surface area contributed by atoms with E-state index in [0.29, 0.717) is 5.95 Å². The highest BCUT2D eigenvalue weighted by Gasteiger charge is 2.08. The van der Waals surface area contributed by atoms with Crippen molar-refractivity contribution >= 4 is 23.1 Å². The molecule has 0 saturated heterocycles. The summed E-state index contributed by atoms with van der Waals surface area (Å²) in [6, 6.07) is 4.19. The molecule has 0 bridgehead atoms. The van der Waals surface area contributed by atoms with Crippen LogP contribution in [0.25, 0.3) is 17.1 Å². The van der Waals surface area contributed by atoms with Crippen molar-refractivity contribution in [3.05, 3.63) is 29.3 Å². The first kappa shape index (κ1) is 6.71. The third kappa shape index (κ3) is 0.869. The normalized spacial score (nSPS) is 13.8. The van der Waals surface area contributed by atoms with Gasteiger partial charge in [0.05, 0.1) is 11.0 Å². The number of hydrogen-bond donors (Lipinski definition) is 2. The van der Waals surface area contributed by atoms with Gasteiger partial charge in [-0.2, -0.15) is 0 Å². The number of nitrogen functional groups attached to an aromatic ring is 1. The SMILES string of the molecule is Nc1nc2cc3c(cc2[nH]1)CC=C3. The molecule has 1 heterocycles. The van der Waals surface area contributed by atoms with Crippen molar-refractivity contribution in [2.24, 2.45) is 0 Å². The number of aromatic amines is 1. The van der Waals surface area contributed by atoms with Crippen molar-refractivity contribution in [3.63, 3.8) is 0 Å². The highest BCUT2D eigenvalue weighted by molar-refractivity contribution is 5.82. The van der Waals surface area contributed by atoms with Gasteiger partial charge in [-0.05, 0) is 29.7 Å². The molecule has 0 spiro atoms. The van der Waals surface area contributed by atoms with E-state index >= 15 is 0 Å². The van der Waals surface area contributed by atoms with Crippen LogP contribution in [0.1, 0.15) is 11.1 Å². The van der Waals surface area contributed by atoms with Crippen LogP contribution in [0.3, 0.4) is 0 Å². The summed E-state index contributed by atoms with van der Waals surface area (Å²) in [5.41, 5.74) is 10.1. The van der Waals surface area contributed by atoms with Gasteiger partial charge in [-0.1, -0.05) is 12.2 Å². The molecule has 1 aliphatic rings. The monoisotopic (exact) mass is 171 g/mol. The number of hydrogen-bond acceptors (Lipinski definition) is 2. The summed E-state index contributed by atoms with van der Waals surface area (Å²) in [5.74, 6) is 0.489. The summed E-state index contributed by atoms with van der Waals surface area (Å²) >= 11 is 0. The van der Waals surface area contributed by atoms with Crippen LogP contribution in [0, 0.1) is 0 Å². The van der Waals surface area contributed by atoms with E-state index in [9.17, 15) is 0 Å². The zero-order valence-electron chi connectivity index (χ0n) is 7.04. The summed E-state index contributed by atoms with van der Waals surface area (Å²) < 4.78 is 0. The van der Waals surface area contributed by atoms with Crippen LogP contribution in [-0.4, -0.2) is 9.97 Å². The molecule has 2 aromatic rings. The minimum atomic E-state index is 0.489. The van der Waals surface area contributed by atoms with E-state index in [-0.39, 0.29) is 0 Å². The first-order chi connectivity index (χ1) is 6.33. The number of rotatable bonds is 0. The lowest BCUT2D eigenvalue weighted by molar-refractivity contribution is 1.32. The van der Waals surface area contributed by atoms with Crippen LogP contribution in [0.2, 0.25) is 0 Å². The van der Waals surface area contributed by atoms with Gasteiger partial charge in [0.15, 0.2) is 5.95 Å².